The Morgan fingerprint density at radius 3 is 2.49 bits per heavy atom. The van der Waals surface area contributed by atoms with Gasteiger partial charge in [-0.1, -0.05) is 27.2 Å². The highest BCUT2D eigenvalue weighted by molar-refractivity contribution is 7.80. The first kappa shape index (κ1) is 30.8. The second-order valence-corrected chi connectivity index (χ2v) is 10.7. The van der Waals surface area contributed by atoms with Crippen LogP contribution in [0.2, 0.25) is 0 Å². The third-order valence-corrected chi connectivity index (χ3v) is 7.06. The molecule has 37 heavy (non-hydrogen) atoms. The summed E-state index contributed by atoms with van der Waals surface area (Å²) in [7, 11) is 0. The second kappa shape index (κ2) is 15.1. The zero-order valence-electron chi connectivity index (χ0n) is 23.7. The van der Waals surface area contributed by atoms with E-state index in [1.165, 1.54) is 48.3 Å². The molecule has 2 fully saturated rings. The monoisotopic (exact) mass is 525 g/mol. The Bertz CT molecular complexity index is 1040. The summed E-state index contributed by atoms with van der Waals surface area (Å²) in [4.78, 5) is 22.2. The van der Waals surface area contributed by atoms with Crippen molar-refractivity contribution in [3.63, 3.8) is 0 Å². The molecule has 6 nitrogen and oxygen atoms in total. The molecular formula is C30H47N5OS. The van der Waals surface area contributed by atoms with Gasteiger partial charge < -0.3 is 20.7 Å². The van der Waals surface area contributed by atoms with Gasteiger partial charge in [-0.05, 0) is 82.2 Å². The Labute approximate surface area is 230 Å². The molecule has 0 radical (unpaired) electrons. The summed E-state index contributed by atoms with van der Waals surface area (Å²) in [5.74, 6) is 0.289. The first-order valence-electron chi connectivity index (χ1n) is 13.7. The van der Waals surface area contributed by atoms with Crippen LogP contribution in [0.15, 0.2) is 35.1 Å². The third kappa shape index (κ3) is 10.1. The second-order valence-electron chi connectivity index (χ2n) is 10.2. The maximum atomic E-state index is 10.0. The number of nitrogens with one attached hydrogen (secondary N) is 1. The van der Waals surface area contributed by atoms with Gasteiger partial charge in [0.25, 0.3) is 0 Å². The fourth-order valence-electron chi connectivity index (χ4n) is 4.54. The Kier molecular flexibility index (Phi) is 12.6. The zero-order chi connectivity index (χ0) is 27.4. The standard InChI is InChI=1S/C15H23N3.C10H14N2S.C5H10O/c1-3-4-13-12(2)16-8-5-14(13)18-10-9-17-15(11-18)6-7-15;1-3-8-5-9(4-7(2)11)12-6-10(8)13;1-3-4-5(2)6/h5,8,17H,3-4,6-7,9-11H2,1-2H3;4-6,13H,3,11H2,1-2H3;3-4H2,1-2H3/b;7-4-;. The lowest BCUT2D eigenvalue weighted by molar-refractivity contribution is -0.117. The average Bonchev–Trinajstić information content (AvgIpc) is 3.60. The predicted octanol–water partition coefficient (Wildman–Crippen LogP) is 5.91. The van der Waals surface area contributed by atoms with Crippen molar-refractivity contribution in [1.29, 1.82) is 0 Å². The Morgan fingerprint density at radius 1 is 1.22 bits per heavy atom. The minimum Gasteiger partial charge on any atom is -0.402 e. The van der Waals surface area contributed by atoms with Crippen LogP contribution in [-0.2, 0) is 17.6 Å². The van der Waals surface area contributed by atoms with Crippen molar-refractivity contribution < 1.29 is 4.79 Å². The van der Waals surface area contributed by atoms with E-state index in [0.717, 1.165) is 55.1 Å². The molecule has 1 saturated heterocycles. The first-order chi connectivity index (χ1) is 17.6. The lowest BCUT2D eigenvalue weighted by atomic mass is 10.0. The molecule has 3 N–H and O–H groups in total. The topological polar surface area (TPSA) is 84.1 Å². The maximum Gasteiger partial charge on any atom is 0.129 e. The largest absolute Gasteiger partial charge is 0.402 e. The molecule has 7 heteroatoms. The van der Waals surface area contributed by atoms with Gasteiger partial charge in [0.05, 0.1) is 5.69 Å². The highest BCUT2D eigenvalue weighted by atomic mass is 32.1. The molecule has 0 amide bonds. The van der Waals surface area contributed by atoms with Crippen LogP contribution in [0.25, 0.3) is 6.08 Å². The molecule has 3 heterocycles. The van der Waals surface area contributed by atoms with E-state index in [2.05, 4.69) is 59.7 Å². The predicted molar refractivity (Wildman–Crippen MR) is 159 cm³/mol. The van der Waals surface area contributed by atoms with Crippen molar-refractivity contribution in [1.82, 2.24) is 15.3 Å². The van der Waals surface area contributed by atoms with E-state index < -0.39 is 0 Å². The average molecular weight is 526 g/mol. The van der Waals surface area contributed by atoms with E-state index in [4.69, 9.17) is 5.73 Å². The molecule has 204 valence electrons. The molecule has 0 atom stereocenters. The summed E-state index contributed by atoms with van der Waals surface area (Å²) in [6, 6.07) is 4.22. The van der Waals surface area contributed by atoms with Crippen LogP contribution >= 0.6 is 12.6 Å². The SMILES string of the molecule is CCCC(C)=O.CCCc1c(N2CCNC3(CC3)C2)ccnc1C.CCc1cc(/C=C(/C)N)ncc1S. The van der Waals surface area contributed by atoms with Crippen molar-refractivity contribution in [3.05, 3.63) is 52.7 Å². The first-order valence-corrected chi connectivity index (χ1v) is 14.1. The number of aromatic nitrogens is 2. The minimum absolute atomic E-state index is 0.289. The molecule has 0 bridgehead atoms. The fourth-order valence-corrected chi connectivity index (χ4v) is 4.82. The van der Waals surface area contributed by atoms with Gasteiger partial charge in [-0.15, -0.1) is 12.6 Å². The van der Waals surface area contributed by atoms with Gasteiger partial charge in [0.1, 0.15) is 5.78 Å². The molecule has 4 rings (SSSR count). The molecule has 0 aromatic carbocycles. The molecular weight excluding hydrogens is 478 g/mol. The quantitative estimate of drug-likeness (QED) is 0.390. The van der Waals surface area contributed by atoms with Gasteiger partial charge in [-0.25, -0.2) is 0 Å². The van der Waals surface area contributed by atoms with E-state index in [0.29, 0.717) is 5.54 Å². The number of pyridine rings is 2. The highest BCUT2D eigenvalue weighted by Crippen LogP contribution is 2.39. The van der Waals surface area contributed by atoms with Crippen LogP contribution in [0.4, 0.5) is 5.69 Å². The number of piperazine rings is 1. The van der Waals surface area contributed by atoms with Crippen molar-refractivity contribution in [2.45, 2.75) is 96.9 Å². The van der Waals surface area contributed by atoms with Crippen LogP contribution in [0.3, 0.4) is 0 Å². The highest BCUT2D eigenvalue weighted by Gasteiger charge is 2.45. The normalized spacial score (nSPS) is 15.9. The summed E-state index contributed by atoms with van der Waals surface area (Å²) < 4.78 is 0. The van der Waals surface area contributed by atoms with Gasteiger partial charge >= 0.3 is 0 Å². The van der Waals surface area contributed by atoms with Crippen LogP contribution in [-0.4, -0.2) is 40.9 Å². The number of Topliss-reactive ketones (excluding diaryl/α,β-unsaturated/α-hetero) is 1. The van der Waals surface area contributed by atoms with Gasteiger partial charge in [-0.3, -0.25) is 9.97 Å². The number of nitrogens with two attached hydrogens (primary N) is 1. The van der Waals surface area contributed by atoms with Crippen LogP contribution < -0.4 is 16.0 Å². The van der Waals surface area contributed by atoms with Crippen molar-refractivity contribution >= 4 is 30.2 Å². The van der Waals surface area contributed by atoms with Crippen LogP contribution in [0.5, 0.6) is 0 Å². The Morgan fingerprint density at radius 2 is 1.95 bits per heavy atom. The minimum atomic E-state index is 0.289. The summed E-state index contributed by atoms with van der Waals surface area (Å²) in [5, 5.41) is 3.68. The summed E-state index contributed by atoms with van der Waals surface area (Å²) >= 11 is 4.30. The molecule has 1 aliphatic heterocycles. The number of ketones is 1. The summed E-state index contributed by atoms with van der Waals surface area (Å²) in [6.45, 7) is 15.4. The number of nitrogens with zero attached hydrogens (tertiary/aromatic N) is 3. The van der Waals surface area contributed by atoms with Gasteiger partial charge in [0, 0.05) is 66.0 Å². The number of carbonyl (C=O) groups excluding carboxylic acids is 1. The van der Waals surface area contributed by atoms with E-state index in [-0.39, 0.29) is 5.78 Å². The molecule has 2 aromatic heterocycles. The number of hydrogen-bond acceptors (Lipinski definition) is 7. The van der Waals surface area contributed by atoms with E-state index in [1.54, 1.807) is 13.1 Å². The number of allylic oxidation sites excluding steroid dienone is 1. The van der Waals surface area contributed by atoms with E-state index in [1.807, 2.05) is 32.2 Å². The van der Waals surface area contributed by atoms with Crippen LogP contribution in [0.1, 0.15) is 89.2 Å². The molecule has 1 saturated carbocycles. The summed E-state index contributed by atoms with van der Waals surface area (Å²) in [5.41, 5.74) is 13.0. The number of thiol groups is 1. The number of anilines is 1. The smallest absolute Gasteiger partial charge is 0.129 e. The van der Waals surface area contributed by atoms with Gasteiger partial charge in [0.2, 0.25) is 0 Å². The van der Waals surface area contributed by atoms with Gasteiger partial charge in [-0.2, -0.15) is 0 Å². The third-order valence-electron chi connectivity index (χ3n) is 6.66. The number of carbonyl (C=O) groups is 1. The van der Waals surface area contributed by atoms with E-state index >= 15 is 0 Å². The molecule has 2 aliphatic rings. The van der Waals surface area contributed by atoms with Crippen molar-refractivity contribution in [2.24, 2.45) is 5.73 Å². The number of hydrogen-bond donors (Lipinski definition) is 3. The van der Waals surface area contributed by atoms with Crippen molar-refractivity contribution in [2.75, 3.05) is 24.5 Å². The molecule has 1 spiro atoms. The summed E-state index contributed by atoms with van der Waals surface area (Å²) in [6.07, 6.45) is 13.3. The van der Waals surface area contributed by atoms with Crippen molar-refractivity contribution in [3.8, 4) is 0 Å². The van der Waals surface area contributed by atoms with Crippen LogP contribution in [0, 0.1) is 6.92 Å². The van der Waals surface area contributed by atoms with Gasteiger partial charge in [0.15, 0.2) is 0 Å². The lowest BCUT2D eigenvalue weighted by Gasteiger charge is -2.37. The Hall–Kier alpha value is -2.38. The van der Waals surface area contributed by atoms with E-state index in [9.17, 15) is 4.79 Å². The maximum absolute atomic E-state index is 10.0. The Balaban J connectivity index is 0.000000222. The molecule has 1 aliphatic carbocycles. The molecule has 0 unspecified atom stereocenters. The zero-order valence-corrected chi connectivity index (χ0v) is 24.6. The number of rotatable bonds is 7. The number of aryl methyl sites for hydroxylation is 2. The lowest BCUT2D eigenvalue weighted by Crippen LogP contribution is -2.52. The molecule has 2 aromatic rings. The fraction of sp³-hybridized carbons (Fsp3) is 0.567.